The lowest BCUT2D eigenvalue weighted by atomic mass is 10.1. The van der Waals surface area contributed by atoms with Crippen molar-refractivity contribution < 1.29 is 4.79 Å². The molecule has 21 heavy (non-hydrogen) atoms. The van der Waals surface area contributed by atoms with E-state index in [1.165, 1.54) is 37.4 Å². The summed E-state index contributed by atoms with van der Waals surface area (Å²) < 4.78 is 1.90. The molecule has 1 aromatic heterocycles. The molecule has 0 radical (unpaired) electrons. The third kappa shape index (κ3) is 4.88. The maximum atomic E-state index is 12.3. The van der Waals surface area contributed by atoms with Crippen molar-refractivity contribution in [3.05, 3.63) is 19.0 Å². The average molecular weight is 308 g/mol. The summed E-state index contributed by atoms with van der Waals surface area (Å²) in [5.41, 5.74) is 0. The molecule has 1 N–H and O–H groups in total. The second kappa shape index (κ2) is 8.22. The smallest absolute Gasteiger partial charge is 0.233 e. The molecule has 1 amide bonds. The number of aromatic nitrogens is 3. The minimum atomic E-state index is -0.166. The minimum absolute atomic E-state index is 0.0973. The zero-order valence-electron chi connectivity index (χ0n) is 12.6. The molecular formula is C15H24N4OS. The van der Waals surface area contributed by atoms with Crippen LogP contribution < -0.4 is 5.32 Å². The lowest BCUT2D eigenvalue weighted by Gasteiger charge is -2.19. The van der Waals surface area contributed by atoms with Crippen molar-refractivity contribution in [1.29, 1.82) is 0 Å². The van der Waals surface area contributed by atoms with Crippen LogP contribution in [0.15, 0.2) is 24.1 Å². The third-order valence-electron chi connectivity index (χ3n) is 3.76. The molecule has 0 unspecified atom stereocenters. The SMILES string of the molecule is C=CCn1cnnc1S[C@H](C)C(=O)NC1CCCCCC1. The van der Waals surface area contributed by atoms with Crippen molar-refractivity contribution in [2.24, 2.45) is 0 Å². The van der Waals surface area contributed by atoms with Gasteiger partial charge in [-0.1, -0.05) is 43.5 Å². The summed E-state index contributed by atoms with van der Waals surface area (Å²) in [6.07, 6.45) is 10.7. The van der Waals surface area contributed by atoms with Crippen LogP contribution in [-0.4, -0.2) is 32.0 Å². The number of hydrogen-bond acceptors (Lipinski definition) is 4. The number of rotatable bonds is 6. The van der Waals surface area contributed by atoms with E-state index in [-0.39, 0.29) is 11.2 Å². The summed E-state index contributed by atoms with van der Waals surface area (Å²) >= 11 is 1.45. The van der Waals surface area contributed by atoms with Gasteiger partial charge in [0, 0.05) is 12.6 Å². The van der Waals surface area contributed by atoms with Crippen LogP contribution in [0, 0.1) is 0 Å². The predicted molar refractivity (Wildman–Crippen MR) is 85.2 cm³/mol. The Morgan fingerprint density at radius 1 is 1.52 bits per heavy atom. The lowest BCUT2D eigenvalue weighted by molar-refractivity contribution is -0.121. The zero-order chi connectivity index (χ0) is 15.1. The molecule has 0 bridgehead atoms. The second-order valence-corrected chi connectivity index (χ2v) is 6.82. The number of carbonyl (C=O) groups is 1. The number of amides is 1. The molecule has 1 heterocycles. The first kappa shape index (κ1) is 16.1. The maximum absolute atomic E-state index is 12.3. The van der Waals surface area contributed by atoms with Crippen LogP contribution in [0.2, 0.25) is 0 Å². The molecule has 116 valence electrons. The Bertz CT molecular complexity index is 466. The Labute approximate surface area is 130 Å². The van der Waals surface area contributed by atoms with Crippen molar-refractivity contribution in [1.82, 2.24) is 20.1 Å². The van der Waals surface area contributed by atoms with Crippen LogP contribution in [0.5, 0.6) is 0 Å². The van der Waals surface area contributed by atoms with Gasteiger partial charge in [0.15, 0.2) is 5.16 Å². The fourth-order valence-corrected chi connectivity index (χ4v) is 3.40. The van der Waals surface area contributed by atoms with E-state index in [1.807, 2.05) is 11.5 Å². The molecule has 0 saturated heterocycles. The van der Waals surface area contributed by atoms with Gasteiger partial charge in [0.1, 0.15) is 6.33 Å². The van der Waals surface area contributed by atoms with Crippen LogP contribution in [0.4, 0.5) is 0 Å². The summed E-state index contributed by atoms with van der Waals surface area (Å²) in [7, 11) is 0. The Morgan fingerprint density at radius 2 is 2.24 bits per heavy atom. The van der Waals surface area contributed by atoms with E-state index in [1.54, 1.807) is 12.4 Å². The van der Waals surface area contributed by atoms with Gasteiger partial charge in [-0.15, -0.1) is 16.8 Å². The van der Waals surface area contributed by atoms with Crippen molar-refractivity contribution in [2.45, 2.75) is 68.4 Å². The van der Waals surface area contributed by atoms with Crippen molar-refractivity contribution >= 4 is 17.7 Å². The highest BCUT2D eigenvalue weighted by Gasteiger charge is 2.21. The van der Waals surface area contributed by atoms with Gasteiger partial charge >= 0.3 is 0 Å². The van der Waals surface area contributed by atoms with Gasteiger partial charge in [0.2, 0.25) is 5.91 Å². The topological polar surface area (TPSA) is 59.8 Å². The molecule has 2 rings (SSSR count). The predicted octanol–water partition coefficient (Wildman–Crippen LogP) is 2.78. The molecule has 0 aliphatic heterocycles. The minimum Gasteiger partial charge on any atom is -0.352 e. The van der Waals surface area contributed by atoms with Gasteiger partial charge in [0.25, 0.3) is 0 Å². The first-order valence-corrected chi connectivity index (χ1v) is 8.54. The lowest BCUT2D eigenvalue weighted by Crippen LogP contribution is -2.39. The molecule has 0 spiro atoms. The van der Waals surface area contributed by atoms with Crippen molar-refractivity contribution in [2.75, 3.05) is 0 Å². The van der Waals surface area contributed by atoms with Gasteiger partial charge in [-0.05, 0) is 19.8 Å². The van der Waals surface area contributed by atoms with E-state index in [4.69, 9.17) is 0 Å². The molecular weight excluding hydrogens is 284 g/mol. The summed E-state index contributed by atoms with van der Waals surface area (Å²) in [4.78, 5) is 12.3. The highest BCUT2D eigenvalue weighted by Crippen LogP contribution is 2.22. The fourth-order valence-electron chi connectivity index (χ4n) is 2.55. The molecule has 1 atom stereocenters. The van der Waals surface area contributed by atoms with Gasteiger partial charge in [-0.2, -0.15) is 0 Å². The standard InChI is InChI=1S/C15H24N4OS/c1-3-10-19-11-16-18-15(19)21-12(2)14(20)17-13-8-6-4-5-7-9-13/h3,11-13H,1,4-10H2,2H3,(H,17,20)/t12-/m1/s1. The normalized spacial score (nSPS) is 18.0. The van der Waals surface area contributed by atoms with E-state index in [0.717, 1.165) is 18.0 Å². The summed E-state index contributed by atoms with van der Waals surface area (Å²) in [6.45, 7) is 6.29. The van der Waals surface area contributed by atoms with Gasteiger partial charge in [-0.25, -0.2) is 0 Å². The second-order valence-electron chi connectivity index (χ2n) is 5.51. The summed E-state index contributed by atoms with van der Waals surface area (Å²) in [6, 6.07) is 0.342. The van der Waals surface area contributed by atoms with E-state index < -0.39 is 0 Å². The van der Waals surface area contributed by atoms with E-state index in [0.29, 0.717) is 12.6 Å². The fraction of sp³-hybridized carbons (Fsp3) is 0.667. The zero-order valence-corrected chi connectivity index (χ0v) is 13.4. The van der Waals surface area contributed by atoms with E-state index in [2.05, 4.69) is 22.1 Å². The summed E-state index contributed by atoms with van der Waals surface area (Å²) in [5, 5.41) is 11.7. The average Bonchev–Trinajstić information content (AvgIpc) is 2.74. The van der Waals surface area contributed by atoms with Crippen LogP contribution in [-0.2, 0) is 11.3 Å². The Morgan fingerprint density at radius 3 is 2.90 bits per heavy atom. The highest BCUT2D eigenvalue weighted by atomic mass is 32.2. The number of nitrogens with zero attached hydrogens (tertiary/aromatic N) is 3. The van der Waals surface area contributed by atoms with Crippen molar-refractivity contribution in [3.8, 4) is 0 Å². The molecule has 1 saturated carbocycles. The maximum Gasteiger partial charge on any atom is 0.233 e. The van der Waals surface area contributed by atoms with Crippen LogP contribution in [0.1, 0.15) is 45.4 Å². The molecule has 6 heteroatoms. The molecule has 1 fully saturated rings. The number of carbonyl (C=O) groups excluding carboxylic acids is 1. The Hall–Kier alpha value is -1.30. The van der Waals surface area contributed by atoms with E-state index >= 15 is 0 Å². The van der Waals surface area contributed by atoms with E-state index in [9.17, 15) is 4.79 Å². The third-order valence-corrected chi connectivity index (χ3v) is 4.85. The number of hydrogen-bond donors (Lipinski definition) is 1. The van der Waals surface area contributed by atoms with Crippen LogP contribution in [0.25, 0.3) is 0 Å². The largest absolute Gasteiger partial charge is 0.352 e. The molecule has 0 aromatic carbocycles. The van der Waals surface area contributed by atoms with Gasteiger partial charge in [-0.3, -0.25) is 4.79 Å². The van der Waals surface area contributed by atoms with Crippen LogP contribution in [0.3, 0.4) is 0 Å². The first-order valence-electron chi connectivity index (χ1n) is 7.66. The van der Waals surface area contributed by atoms with Gasteiger partial charge < -0.3 is 9.88 Å². The molecule has 1 aliphatic rings. The summed E-state index contributed by atoms with van der Waals surface area (Å²) in [5.74, 6) is 0.0973. The molecule has 1 aromatic rings. The Kier molecular flexibility index (Phi) is 6.29. The Balaban J connectivity index is 1.86. The first-order chi connectivity index (χ1) is 10.2. The molecule has 1 aliphatic carbocycles. The number of allylic oxidation sites excluding steroid dienone is 1. The quantitative estimate of drug-likeness (QED) is 0.499. The molecule has 5 nitrogen and oxygen atoms in total. The highest BCUT2D eigenvalue weighted by molar-refractivity contribution is 8.00. The van der Waals surface area contributed by atoms with Crippen molar-refractivity contribution in [3.63, 3.8) is 0 Å². The number of thioether (sulfide) groups is 1. The van der Waals surface area contributed by atoms with Crippen LogP contribution >= 0.6 is 11.8 Å². The van der Waals surface area contributed by atoms with Gasteiger partial charge in [0.05, 0.1) is 5.25 Å². The monoisotopic (exact) mass is 308 g/mol. The number of nitrogens with one attached hydrogen (secondary N) is 1.